The molecule has 1 unspecified atom stereocenters. The summed E-state index contributed by atoms with van der Waals surface area (Å²) in [5.41, 5.74) is 0.930. The number of carboxylic acids is 1. The first kappa shape index (κ1) is 21.7. The molecule has 2 N–H and O–H groups in total. The van der Waals surface area contributed by atoms with Gasteiger partial charge >= 0.3 is 5.97 Å². The van der Waals surface area contributed by atoms with Gasteiger partial charge in [0.2, 0.25) is 5.91 Å². The molecule has 1 aliphatic rings. The van der Waals surface area contributed by atoms with Crippen molar-refractivity contribution in [3.8, 4) is 0 Å². The summed E-state index contributed by atoms with van der Waals surface area (Å²) in [5.74, 6) is -0.677. The summed E-state index contributed by atoms with van der Waals surface area (Å²) < 4.78 is 0.699. The van der Waals surface area contributed by atoms with Crippen LogP contribution in [0.25, 0.3) is 0 Å². The first-order valence-electron chi connectivity index (χ1n) is 9.22. The quantitative estimate of drug-likeness (QED) is 0.449. The van der Waals surface area contributed by atoms with Gasteiger partial charge in [-0.25, -0.2) is 0 Å². The van der Waals surface area contributed by atoms with Crippen LogP contribution in [0.2, 0.25) is 4.34 Å². The Morgan fingerprint density at radius 1 is 1.44 bits per heavy atom. The molecule has 1 aliphatic heterocycles. The molecule has 0 spiro atoms. The Labute approximate surface area is 169 Å². The smallest absolute Gasteiger partial charge is 0.303 e. The lowest BCUT2D eigenvalue weighted by molar-refractivity contribution is -0.137. The largest absolute Gasteiger partial charge is 0.481 e. The number of carbonyl (C=O) groups is 2. The van der Waals surface area contributed by atoms with Gasteiger partial charge in [-0.15, -0.1) is 11.3 Å². The summed E-state index contributed by atoms with van der Waals surface area (Å²) in [4.78, 5) is 24.6. The first-order valence-corrected chi connectivity index (χ1v) is 10.5. The van der Waals surface area contributed by atoms with E-state index in [-0.39, 0.29) is 18.4 Å². The van der Waals surface area contributed by atoms with Gasteiger partial charge in [-0.3, -0.25) is 9.59 Å². The number of carboxylic acid groups (broad SMARTS) is 1. The van der Waals surface area contributed by atoms with Crippen LogP contribution in [0.5, 0.6) is 0 Å². The summed E-state index contributed by atoms with van der Waals surface area (Å²) in [5, 5.41) is 20.8. The van der Waals surface area contributed by atoms with Gasteiger partial charge in [0, 0.05) is 25.8 Å². The predicted molar refractivity (Wildman–Crippen MR) is 108 cm³/mol. The fourth-order valence-electron chi connectivity index (χ4n) is 3.08. The molecule has 5 nitrogen and oxygen atoms in total. The number of rotatable bonds is 10. The van der Waals surface area contributed by atoms with E-state index >= 15 is 0 Å². The van der Waals surface area contributed by atoms with Crippen molar-refractivity contribution < 1.29 is 19.8 Å². The molecule has 0 saturated carbocycles. The maximum atomic E-state index is 12.3. The maximum Gasteiger partial charge on any atom is 0.303 e. The van der Waals surface area contributed by atoms with E-state index in [1.807, 2.05) is 34.6 Å². The van der Waals surface area contributed by atoms with Crippen LogP contribution in [0.1, 0.15) is 44.1 Å². The lowest BCUT2D eigenvalue weighted by Crippen LogP contribution is -2.42. The van der Waals surface area contributed by atoms with Crippen LogP contribution >= 0.6 is 22.9 Å². The number of carbonyl (C=O) groups excluding carboxylic acids is 1. The Balaban J connectivity index is 1.86. The zero-order chi connectivity index (χ0) is 19.6. The van der Waals surface area contributed by atoms with Crippen molar-refractivity contribution in [3.05, 3.63) is 45.7 Å². The third-order valence-corrected chi connectivity index (χ3v) is 5.77. The van der Waals surface area contributed by atoms with Gasteiger partial charge in [-0.1, -0.05) is 35.9 Å². The van der Waals surface area contributed by atoms with Crippen LogP contribution in [-0.2, 0) is 16.0 Å². The van der Waals surface area contributed by atoms with E-state index in [0.29, 0.717) is 36.6 Å². The molecular weight excluding hydrogens is 386 g/mol. The number of hydrogen-bond acceptors (Lipinski definition) is 4. The van der Waals surface area contributed by atoms with Crippen LogP contribution in [0.3, 0.4) is 0 Å². The predicted octanol–water partition coefficient (Wildman–Crippen LogP) is 4.05. The summed E-state index contributed by atoms with van der Waals surface area (Å²) in [7, 11) is 0. The van der Waals surface area contributed by atoms with Gasteiger partial charge in [-0.2, -0.15) is 0 Å². The van der Waals surface area contributed by atoms with Crippen molar-refractivity contribution in [2.24, 2.45) is 0 Å². The van der Waals surface area contributed by atoms with Gasteiger partial charge in [-0.05, 0) is 42.7 Å². The molecule has 2 rings (SSSR count). The fourth-order valence-corrected chi connectivity index (χ4v) is 4.03. The number of aliphatic carboxylic acids is 1. The van der Waals surface area contributed by atoms with Crippen LogP contribution in [0.15, 0.2) is 35.8 Å². The number of aliphatic hydroxyl groups excluding tert-OH is 1. The Bertz CT molecular complexity index is 685. The molecule has 148 valence electrons. The number of thiophene rings is 1. The number of likely N-dealkylation sites (tertiary alicyclic amines) is 1. The van der Waals surface area contributed by atoms with E-state index < -0.39 is 12.1 Å². The molecule has 1 aromatic heterocycles. The SMILES string of the molecule is O=C(O)CCC/C=C\CN1C(=O)CCC[C@@H]1/C=C/C(O)Cc1ccsc1Cl. The minimum absolute atomic E-state index is 0.0254. The number of piperidine rings is 1. The molecule has 2 heterocycles. The van der Waals surface area contributed by atoms with E-state index in [2.05, 4.69) is 0 Å². The highest BCUT2D eigenvalue weighted by atomic mass is 35.5. The van der Waals surface area contributed by atoms with Gasteiger partial charge in [0.05, 0.1) is 16.5 Å². The number of aliphatic hydroxyl groups is 1. The average molecular weight is 412 g/mol. The molecular formula is C20H26ClNO4S. The number of nitrogens with zero attached hydrogens (tertiary/aromatic N) is 1. The van der Waals surface area contributed by atoms with Gasteiger partial charge in [0.25, 0.3) is 0 Å². The number of allylic oxidation sites excluding steroid dienone is 1. The van der Waals surface area contributed by atoms with Crippen molar-refractivity contribution >= 4 is 34.8 Å². The highest BCUT2D eigenvalue weighted by molar-refractivity contribution is 7.14. The van der Waals surface area contributed by atoms with E-state index in [1.54, 1.807) is 6.08 Å². The molecule has 1 fully saturated rings. The second-order valence-corrected chi connectivity index (χ2v) is 8.16. The van der Waals surface area contributed by atoms with Gasteiger partial charge in [0.1, 0.15) is 0 Å². The summed E-state index contributed by atoms with van der Waals surface area (Å²) in [6.07, 6.45) is 11.1. The normalized spacial score (nSPS) is 19.3. The topological polar surface area (TPSA) is 77.8 Å². The molecule has 7 heteroatoms. The summed E-state index contributed by atoms with van der Waals surface area (Å²) in [6, 6.07) is 1.89. The van der Waals surface area contributed by atoms with E-state index in [9.17, 15) is 14.7 Å². The van der Waals surface area contributed by atoms with E-state index in [0.717, 1.165) is 18.4 Å². The van der Waals surface area contributed by atoms with Crippen molar-refractivity contribution in [1.29, 1.82) is 0 Å². The second kappa shape index (κ2) is 11.3. The second-order valence-electron chi connectivity index (χ2n) is 6.64. The Hall–Kier alpha value is -1.63. The molecule has 1 saturated heterocycles. The molecule has 0 bridgehead atoms. The number of hydrogen-bond donors (Lipinski definition) is 2. The molecule has 0 aromatic carbocycles. The zero-order valence-electron chi connectivity index (χ0n) is 15.2. The fraction of sp³-hybridized carbons (Fsp3) is 0.500. The molecule has 0 aliphatic carbocycles. The minimum atomic E-state index is -0.790. The third-order valence-electron chi connectivity index (χ3n) is 4.52. The standard InChI is InChI=1S/C20H26ClNO4S/c21-20-15(11-13-27-20)14-17(23)10-9-16-6-5-7-18(24)22(16)12-4-2-1-3-8-19(25)26/h2,4,9-11,13,16-17,23H,1,3,5-8,12,14H2,(H,25,26)/b4-2-,10-9+/t16-,17?/m1/s1. The van der Waals surface area contributed by atoms with E-state index in [1.165, 1.54) is 11.3 Å². The van der Waals surface area contributed by atoms with Crippen molar-refractivity contribution in [3.63, 3.8) is 0 Å². The third kappa shape index (κ3) is 7.48. The molecule has 2 atom stereocenters. The lowest BCUT2D eigenvalue weighted by atomic mass is 10.00. The van der Waals surface area contributed by atoms with Gasteiger partial charge in [0.15, 0.2) is 0 Å². The summed E-state index contributed by atoms with van der Waals surface area (Å²) in [6.45, 7) is 0.507. The van der Waals surface area contributed by atoms with Crippen molar-refractivity contribution in [1.82, 2.24) is 4.90 Å². The van der Waals surface area contributed by atoms with E-state index in [4.69, 9.17) is 16.7 Å². The van der Waals surface area contributed by atoms with Crippen LogP contribution in [0, 0.1) is 0 Å². The van der Waals surface area contributed by atoms with Crippen LogP contribution < -0.4 is 0 Å². The lowest BCUT2D eigenvalue weighted by Gasteiger charge is -2.33. The Morgan fingerprint density at radius 3 is 2.96 bits per heavy atom. The first-order chi connectivity index (χ1) is 13.0. The summed E-state index contributed by atoms with van der Waals surface area (Å²) >= 11 is 7.52. The van der Waals surface area contributed by atoms with Crippen LogP contribution in [0.4, 0.5) is 0 Å². The number of amides is 1. The van der Waals surface area contributed by atoms with Crippen molar-refractivity contribution in [2.45, 2.75) is 57.1 Å². The highest BCUT2D eigenvalue weighted by Gasteiger charge is 2.25. The monoisotopic (exact) mass is 411 g/mol. The van der Waals surface area contributed by atoms with Crippen molar-refractivity contribution in [2.75, 3.05) is 6.54 Å². The average Bonchev–Trinajstić information content (AvgIpc) is 3.02. The Morgan fingerprint density at radius 2 is 2.26 bits per heavy atom. The zero-order valence-corrected chi connectivity index (χ0v) is 16.8. The molecule has 0 radical (unpaired) electrons. The molecule has 1 aromatic rings. The Kier molecular flexibility index (Phi) is 9.04. The minimum Gasteiger partial charge on any atom is -0.481 e. The number of unbranched alkanes of at least 4 members (excludes halogenated alkanes) is 1. The van der Waals surface area contributed by atoms with Gasteiger partial charge < -0.3 is 15.1 Å². The maximum absolute atomic E-state index is 12.3. The number of halogens is 1. The molecule has 27 heavy (non-hydrogen) atoms. The molecule has 1 amide bonds. The van der Waals surface area contributed by atoms with Crippen LogP contribution in [-0.4, -0.2) is 45.7 Å². The highest BCUT2D eigenvalue weighted by Crippen LogP contribution is 2.24.